The molecule has 2 aromatic rings. The van der Waals surface area contributed by atoms with Gasteiger partial charge < -0.3 is 20.1 Å². The molecule has 0 aliphatic carbocycles. The zero-order valence-electron chi connectivity index (χ0n) is 13.4. The van der Waals surface area contributed by atoms with Crippen molar-refractivity contribution in [1.29, 1.82) is 0 Å². The van der Waals surface area contributed by atoms with Gasteiger partial charge in [0.15, 0.2) is 5.82 Å². The first-order valence-corrected chi connectivity index (χ1v) is 7.95. The van der Waals surface area contributed by atoms with Gasteiger partial charge in [-0.05, 0) is 37.1 Å². The molecule has 1 aromatic carbocycles. The Bertz CT molecular complexity index is 638. The van der Waals surface area contributed by atoms with Gasteiger partial charge >= 0.3 is 0 Å². The van der Waals surface area contributed by atoms with Crippen LogP contribution in [0, 0.1) is 0 Å². The summed E-state index contributed by atoms with van der Waals surface area (Å²) in [5, 5.41) is 0. The third-order valence-electron chi connectivity index (χ3n) is 4.01. The van der Waals surface area contributed by atoms with Gasteiger partial charge in [-0.3, -0.25) is 0 Å². The molecule has 0 radical (unpaired) electrons. The summed E-state index contributed by atoms with van der Waals surface area (Å²) in [5.74, 6) is 2.60. The monoisotopic (exact) mass is 314 g/mol. The highest BCUT2D eigenvalue weighted by Gasteiger charge is 2.17. The molecule has 0 spiro atoms. The van der Waals surface area contributed by atoms with E-state index >= 15 is 0 Å². The van der Waals surface area contributed by atoms with Crippen molar-refractivity contribution in [2.75, 3.05) is 30.8 Å². The van der Waals surface area contributed by atoms with E-state index in [0.717, 1.165) is 37.5 Å². The minimum Gasteiger partial charge on any atom is -0.497 e. The van der Waals surface area contributed by atoms with Crippen molar-refractivity contribution >= 4 is 11.5 Å². The van der Waals surface area contributed by atoms with E-state index in [1.54, 1.807) is 7.11 Å². The molecule has 0 amide bonds. The van der Waals surface area contributed by atoms with Crippen molar-refractivity contribution in [3.05, 3.63) is 30.6 Å². The van der Waals surface area contributed by atoms with Crippen molar-refractivity contribution in [3.8, 4) is 17.4 Å². The molecule has 1 fully saturated rings. The predicted molar refractivity (Wildman–Crippen MR) is 90.2 cm³/mol. The molecule has 1 aliphatic rings. The Labute approximate surface area is 136 Å². The minimum atomic E-state index is 0.393. The maximum atomic E-state index is 6.25. The van der Waals surface area contributed by atoms with Crippen LogP contribution in [0.5, 0.6) is 17.4 Å². The largest absolute Gasteiger partial charge is 0.497 e. The van der Waals surface area contributed by atoms with Crippen LogP contribution in [0.2, 0.25) is 0 Å². The van der Waals surface area contributed by atoms with Crippen molar-refractivity contribution in [2.24, 2.45) is 0 Å². The van der Waals surface area contributed by atoms with Crippen molar-refractivity contribution in [1.82, 2.24) is 9.97 Å². The number of nitrogens with zero attached hydrogens (tertiary/aromatic N) is 3. The zero-order valence-corrected chi connectivity index (χ0v) is 13.4. The summed E-state index contributed by atoms with van der Waals surface area (Å²) in [6.07, 6.45) is 6.36. The van der Waals surface area contributed by atoms with Gasteiger partial charge in [0.2, 0.25) is 5.88 Å². The number of rotatable bonds is 4. The summed E-state index contributed by atoms with van der Waals surface area (Å²) < 4.78 is 11.0. The normalized spacial score (nSPS) is 15.1. The van der Waals surface area contributed by atoms with E-state index in [-0.39, 0.29) is 0 Å². The Kier molecular flexibility index (Phi) is 4.80. The summed E-state index contributed by atoms with van der Waals surface area (Å²) in [5.41, 5.74) is 6.74. The third-order valence-corrected chi connectivity index (χ3v) is 4.01. The number of anilines is 2. The highest BCUT2D eigenvalue weighted by atomic mass is 16.5. The molecule has 6 heteroatoms. The lowest BCUT2D eigenvalue weighted by molar-refractivity contribution is 0.412. The van der Waals surface area contributed by atoms with Gasteiger partial charge in [-0.15, -0.1) is 0 Å². The van der Waals surface area contributed by atoms with E-state index in [1.807, 2.05) is 24.3 Å². The Hall–Kier alpha value is -2.50. The van der Waals surface area contributed by atoms with Crippen LogP contribution < -0.4 is 20.1 Å². The van der Waals surface area contributed by atoms with Crippen molar-refractivity contribution in [3.63, 3.8) is 0 Å². The van der Waals surface area contributed by atoms with Crippen LogP contribution in [0.15, 0.2) is 30.6 Å². The number of hydrogen-bond acceptors (Lipinski definition) is 6. The van der Waals surface area contributed by atoms with Gasteiger partial charge in [0, 0.05) is 13.1 Å². The molecule has 23 heavy (non-hydrogen) atoms. The number of aromatic nitrogens is 2. The van der Waals surface area contributed by atoms with Gasteiger partial charge in [-0.2, -0.15) is 4.98 Å². The topological polar surface area (TPSA) is 73.5 Å². The van der Waals surface area contributed by atoms with Crippen LogP contribution in [0.1, 0.15) is 25.7 Å². The molecule has 2 N–H and O–H groups in total. The van der Waals surface area contributed by atoms with Crippen LogP contribution in [-0.4, -0.2) is 30.2 Å². The Morgan fingerprint density at radius 3 is 2.26 bits per heavy atom. The Balaban J connectivity index is 1.80. The summed E-state index contributed by atoms with van der Waals surface area (Å²) in [6.45, 7) is 1.95. The van der Waals surface area contributed by atoms with Crippen LogP contribution in [0.25, 0.3) is 0 Å². The molecule has 0 bridgehead atoms. The number of benzene rings is 1. The first-order chi connectivity index (χ1) is 11.3. The average Bonchev–Trinajstić information content (AvgIpc) is 2.87. The third kappa shape index (κ3) is 3.64. The fourth-order valence-corrected chi connectivity index (χ4v) is 2.74. The van der Waals surface area contributed by atoms with Gasteiger partial charge in [0.05, 0.1) is 7.11 Å². The van der Waals surface area contributed by atoms with Gasteiger partial charge in [0.1, 0.15) is 23.5 Å². The lowest BCUT2D eigenvalue weighted by Crippen LogP contribution is -2.26. The highest BCUT2D eigenvalue weighted by molar-refractivity contribution is 5.68. The smallest absolute Gasteiger partial charge is 0.248 e. The highest BCUT2D eigenvalue weighted by Crippen LogP contribution is 2.32. The lowest BCUT2D eigenvalue weighted by Gasteiger charge is -2.23. The second-order valence-electron chi connectivity index (χ2n) is 5.59. The molecule has 122 valence electrons. The van der Waals surface area contributed by atoms with Crippen LogP contribution in [0.3, 0.4) is 0 Å². The fourth-order valence-electron chi connectivity index (χ4n) is 2.74. The van der Waals surface area contributed by atoms with Crippen LogP contribution >= 0.6 is 0 Å². The molecule has 0 atom stereocenters. The quantitative estimate of drug-likeness (QED) is 0.934. The maximum absolute atomic E-state index is 6.25. The molecule has 6 nitrogen and oxygen atoms in total. The van der Waals surface area contributed by atoms with E-state index in [1.165, 1.54) is 19.2 Å². The van der Waals surface area contributed by atoms with Gasteiger partial charge in [-0.1, -0.05) is 12.8 Å². The molecule has 0 saturated carbocycles. The molecular weight excluding hydrogens is 292 g/mol. The average molecular weight is 314 g/mol. The van der Waals surface area contributed by atoms with E-state index in [2.05, 4.69) is 14.9 Å². The van der Waals surface area contributed by atoms with E-state index in [4.69, 9.17) is 15.2 Å². The first kappa shape index (κ1) is 15.4. The van der Waals surface area contributed by atoms with Crippen molar-refractivity contribution < 1.29 is 9.47 Å². The van der Waals surface area contributed by atoms with E-state index < -0.39 is 0 Å². The summed E-state index contributed by atoms with van der Waals surface area (Å²) in [7, 11) is 1.63. The van der Waals surface area contributed by atoms with E-state index in [9.17, 15) is 0 Å². The second-order valence-corrected chi connectivity index (χ2v) is 5.59. The number of nitrogen functional groups attached to an aromatic ring is 1. The van der Waals surface area contributed by atoms with Crippen LogP contribution in [0.4, 0.5) is 11.5 Å². The van der Waals surface area contributed by atoms with Crippen LogP contribution in [-0.2, 0) is 0 Å². The van der Waals surface area contributed by atoms with Gasteiger partial charge in [0.25, 0.3) is 0 Å². The summed E-state index contributed by atoms with van der Waals surface area (Å²) in [4.78, 5) is 10.8. The lowest BCUT2D eigenvalue weighted by atomic mass is 10.2. The molecule has 2 heterocycles. The number of methoxy groups -OCH3 is 1. The summed E-state index contributed by atoms with van der Waals surface area (Å²) >= 11 is 0. The predicted octanol–water partition coefficient (Wildman–Crippen LogP) is 3.24. The van der Waals surface area contributed by atoms with Crippen molar-refractivity contribution in [2.45, 2.75) is 25.7 Å². The molecular formula is C17H22N4O2. The Morgan fingerprint density at radius 2 is 1.61 bits per heavy atom. The molecule has 1 aromatic heterocycles. The number of ether oxygens (including phenoxy) is 2. The number of hydrogen-bond donors (Lipinski definition) is 1. The molecule has 1 saturated heterocycles. The molecule has 0 unspecified atom stereocenters. The fraction of sp³-hybridized carbons (Fsp3) is 0.412. The maximum Gasteiger partial charge on any atom is 0.248 e. The van der Waals surface area contributed by atoms with Gasteiger partial charge in [-0.25, -0.2) is 4.98 Å². The standard InChI is InChI=1S/C17H22N4O2/c1-22-13-6-8-14(9-7-13)23-17-15(18)16(19-12-20-17)21-10-4-2-3-5-11-21/h6-9,12H,2-5,10-11,18H2,1H3. The molecule has 3 rings (SSSR count). The second kappa shape index (κ2) is 7.17. The molecule has 1 aliphatic heterocycles. The SMILES string of the molecule is COc1ccc(Oc2ncnc(N3CCCCCC3)c2N)cc1. The van der Waals surface area contributed by atoms with E-state index in [0.29, 0.717) is 17.3 Å². The summed E-state index contributed by atoms with van der Waals surface area (Å²) in [6, 6.07) is 7.32. The Morgan fingerprint density at radius 1 is 0.957 bits per heavy atom. The number of nitrogens with two attached hydrogens (primary N) is 1. The minimum absolute atomic E-state index is 0.393. The first-order valence-electron chi connectivity index (χ1n) is 7.95. The zero-order chi connectivity index (χ0) is 16.1.